The Balaban J connectivity index is 2.62. The molecule has 9 heteroatoms. The van der Waals surface area contributed by atoms with Crippen molar-refractivity contribution in [3.05, 3.63) is 11.7 Å². The first kappa shape index (κ1) is 12.5. The van der Waals surface area contributed by atoms with Crippen molar-refractivity contribution < 1.29 is 31.3 Å². The molecular formula is C7H5F5N2O2. The normalized spacial score (nSPS) is 12.1. The number of aromatic nitrogens is 2. The molecule has 1 aromatic heterocycles. The maximum Gasteiger partial charge on any atom is 0.396 e. The van der Waals surface area contributed by atoms with E-state index < -0.39 is 42.9 Å². The fraction of sp³-hybridized carbons (Fsp3) is 0.571. The van der Waals surface area contributed by atoms with Crippen molar-refractivity contribution >= 4 is 5.78 Å². The van der Waals surface area contributed by atoms with Crippen LogP contribution in [0, 0.1) is 0 Å². The van der Waals surface area contributed by atoms with Gasteiger partial charge in [0.1, 0.15) is 6.42 Å². The number of carbonyl (C=O) groups excluding carboxylic acids is 1. The average molecular weight is 244 g/mol. The SMILES string of the molecule is O=C(Cc1nc(CC(F)(F)F)no1)C(F)F. The van der Waals surface area contributed by atoms with Crippen molar-refractivity contribution in [1.29, 1.82) is 0 Å². The van der Waals surface area contributed by atoms with Crippen molar-refractivity contribution in [3.8, 4) is 0 Å². The van der Waals surface area contributed by atoms with E-state index in [1.165, 1.54) is 0 Å². The molecular weight excluding hydrogens is 239 g/mol. The van der Waals surface area contributed by atoms with Gasteiger partial charge < -0.3 is 4.52 Å². The summed E-state index contributed by atoms with van der Waals surface area (Å²) in [6.45, 7) is 0. The molecule has 16 heavy (non-hydrogen) atoms. The maximum absolute atomic E-state index is 11.8. The van der Waals surface area contributed by atoms with E-state index in [0.717, 1.165) is 0 Å². The highest BCUT2D eigenvalue weighted by Crippen LogP contribution is 2.19. The fourth-order valence-electron chi connectivity index (χ4n) is 0.839. The smallest absolute Gasteiger partial charge is 0.339 e. The van der Waals surface area contributed by atoms with Crippen molar-refractivity contribution in [2.75, 3.05) is 0 Å². The number of hydrogen-bond donors (Lipinski definition) is 0. The highest BCUT2D eigenvalue weighted by molar-refractivity contribution is 5.82. The van der Waals surface area contributed by atoms with Crippen LogP contribution in [0.15, 0.2) is 4.52 Å². The molecule has 4 nitrogen and oxygen atoms in total. The summed E-state index contributed by atoms with van der Waals surface area (Å²) in [5.41, 5.74) is 0. The second kappa shape index (κ2) is 4.54. The van der Waals surface area contributed by atoms with Crippen LogP contribution >= 0.6 is 0 Å². The third-order valence-electron chi connectivity index (χ3n) is 1.44. The Labute approximate surface area is 85.4 Å². The molecule has 0 radical (unpaired) electrons. The molecule has 0 aliphatic heterocycles. The van der Waals surface area contributed by atoms with Crippen LogP contribution in [0.5, 0.6) is 0 Å². The van der Waals surface area contributed by atoms with E-state index in [4.69, 9.17) is 0 Å². The molecule has 0 fully saturated rings. The van der Waals surface area contributed by atoms with E-state index >= 15 is 0 Å². The zero-order valence-electron chi connectivity index (χ0n) is 7.59. The summed E-state index contributed by atoms with van der Waals surface area (Å²) in [6.07, 6.45) is -10.0. The molecule has 90 valence electrons. The Morgan fingerprint density at radius 2 is 2.00 bits per heavy atom. The van der Waals surface area contributed by atoms with Crippen LogP contribution in [0.25, 0.3) is 0 Å². The van der Waals surface area contributed by atoms with Crippen LogP contribution in [-0.2, 0) is 17.6 Å². The van der Waals surface area contributed by atoms with Gasteiger partial charge in [-0.15, -0.1) is 0 Å². The number of alkyl halides is 5. The van der Waals surface area contributed by atoms with Gasteiger partial charge in [-0.25, -0.2) is 8.78 Å². The minimum absolute atomic E-state index is 0.551. The Morgan fingerprint density at radius 3 is 2.50 bits per heavy atom. The van der Waals surface area contributed by atoms with Crippen LogP contribution in [0.2, 0.25) is 0 Å². The molecule has 0 spiro atoms. The van der Waals surface area contributed by atoms with Gasteiger partial charge in [0.15, 0.2) is 5.82 Å². The first-order chi connectivity index (χ1) is 7.28. The van der Waals surface area contributed by atoms with Gasteiger partial charge in [-0.3, -0.25) is 4.79 Å². The molecule has 0 atom stereocenters. The van der Waals surface area contributed by atoms with E-state index in [9.17, 15) is 26.7 Å². The Kier molecular flexibility index (Phi) is 3.55. The molecule has 1 heterocycles. The number of hydrogen-bond acceptors (Lipinski definition) is 4. The van der Waals surface area contributed by atoms with Gasteiger partial charge in [-0.2, -0.15) is 18.2 Å². The van der Waals surface area contributed by atoms with Crippen molar-refractivity contribution in [1.82, 2.24) is 10.1 Å². The quantitative estimate of drug-likeness (QED) is 0.754. The number of nitrogens with zero attached hydrogens (tertiary/aromatic N) is 2. The third-order valence-corrected chi connectivity index (χ3v) is 1.44. The van der Waals surface area contributed by atoms with Crippen LogP contribution in [0.3, 0.4) is 0 Å². The Morgan fingerprint density at radius 1 is 1.38 bits per heavy atom. The lowest BCUT2D eigenvalue weighted by atomic mass is 10.3. The summed E-state index contributed by atoms with van der Waals surface area (Å²) in [5.74, 6) is -2.73. The number of Topliss-reactive ketones (excluding diaryl/α,β-unsaturated/α-hetero) is 1. The monoisotopic (exact) mass is 244 g/mol. The average Bonchev–Trinajstić information content (AvgIpc) is 2.49. The number of carbonyl (C=O) groups is 1. The second-order valence-corrected chi connectivity index (χ2v) is 2.84. The minimum Gasteiger partial charge on any atom is -0.339 e. The van der Waals surface area contributed by atoms with Crippen molar-refractivity contribution in [3.63, 3.8) is 0 Å². The largest absolute Gasteiger partial charge is 0.396 e. The van der Waals surface area contributed by atoms with Crippen molar-refractivity contribution in [2.45, 2.75) is 25.4 Å². The van der Waals surface area contributed by atoms with Crippen LogP contribution in [0.1, 0.15) is 11.7 Å². The molecule has 1 aromatic rings. The van der Waals surface area contributed by atoms with Crippen LogP contribution in [-0.4, -0.2) is 28.5 Å². The van der Waals surface area contributed by atoms with Gasteiger partial charge in [0, 0.05) is 0 Å². The van der Waals surface area contributed by atoms with E-state index in [0.29, 0.717) is 0 Å². The fourth-order valence-corrected chi connectivity index (χ4v) is 0.839. The highest BCUT2D eigenvalue weighted by Gasteiger charge is 2.31. The van der Waals surface area contributed by atoms with E-state index in [1.54, 1.807) is 0 Å². The summed E-state index contributed by atoms with van der Waals surface area (Å²) >= 11 is 0. The lowest BCUT2D eigenvalue weighted by molar-refractivity contribution is -0.129. The standard InChI is InChI=1S/C7H5F5N2O2/c8-6(9)3(15)1-5-13-4(14-16-5)2-7(10,11)12/h6H,1-2H2. The van der Waals surface area contributed by atoms with Gasteiger partial charge in [-0.05, 0) is 0 Å². The van der Waals surface area contributed by atoms with Gasteiger partial charge in [-0.1, -0.05) is 5.16 Å². The topological polar surface area (TPSA) is 56.0 Å². The first-order valence-corrected chi connectivity index (χ1v) is 3.97. The lowest BCUT2D eigenvalue weighted by Gasteiger charge is -1.99. The van der Waals surface area contributed by atoms with Gasteiger partial charge in [0.25, 0.3) is 6.43 Å². The molecule has 0 aliphatic carbocycles. The highest BCUT2D eigenvalue weighted by atomic mass is 19.4. The molecule has 1 rings (SSSR count). The van der Waals surface area contributed by atoms with Gasteiger partial charge >= 0.3 is 6.18 Å². The van der Waals surface area contributed by atoms with Crippen LogP contribution < -0.4 is 0 Å². The lowest BCUT2D eigenvalue weighted by Crippen LogP contribution is -2.14. The molecule has 0 unspecified atom stereocenters. The van der Waals surface area contributed by atoms with Gasteiger partial charge in [0.05, 0.1) is 6.42 Å². The number of rotatable bonds is 4. The third kappa shape index (κ3) is 3.91. The molecule has 0 N–H and O–H groups in total. The Hall–Kier alpha value is -1.54. The second-order valence-electron chi connectivity index (χ2n) is 2.84. The molecule has 0 aliphatic rings. The first-order valence-electron chi connectivity index (χ1n) is 3.97. The summed E-state index contributed by atoms with van der Waals surface area (Å²) in [7, 11) is 0. The zero-order valence-corrected chi connectivity index (χ0v) is 7.59. The molecule has 0 aromatic carbocycles. The summed E-state index contributed by atoms with van der Waals surface area (Å²) in [6, 6.07) is 0. The van der Waals surface area contributed by atoms with E-state index in [1.807, 2.05) is 0 Å². The molecule has 0 bridgehead atoms. The summed E-state index contributed by atoms with van der Waals surface area (Å²) in [4.78, 5) is 13.7. The maximum atomic E-state index is 11.8. The zero-order chi connectivity index (χ0) is 12.3. The molecule has 0 saturated heterocycles. The number of halogens is 5. The predicted molar refractivity (Wildman–Crippen MR) is 38.8 cm³/mol. The molecule has 0 saturated carbocycles. The number of ketones is 1. The summed E-state index contributed by atoms with van der Waals surface area (Å²) < 4.78 is 63.3. The van der Waals surface area contributed by atoms with E-state index in [2.05, 4.69) is 14.7 Å². The Bertz CT molecular complexity index is 373. The van der Waals surface area contributed by atoms with Crippen LogP contribution in [0.4, 0.5) is 22.0 Å². The van der Waals surface area contributed by atoms with Gasteiger partial charge in [0.2, 0.25) is 11.7 Å². The summed E-state index contributed by atoms with van der Waals surface area (Å²) in [5, 5.41) is 2.91. The van der Waals surface area contributed by atoms with E-state index in [-0.39, 0.29) is 0 Å². The molecule has 0 amide bonds. The van der Waals surface area contributed by atoms with Crippen molar-refractivity contribution in [2.24, 2.45) is 0 Å². The minimum atomic E-state index is -4.52. The predicted octanol–water partition coefficient (Wildman–Crippen LogP) is 1.55.